The topological polar surface area (TPSA) is 92.3 Å². The molecular formula is C23H16Cl2N2O4. The molecule has 0 spiro atoms. The fourth-order valence-corrected chi connectivity index (χ4v) is 3.14. The van der Waals surface area contributed by atoms with Crippen molar-refractivity contribution in [2.45, 2.75) is 6.92 Å². The molecule has 0 atom stereocenters. The van der Waals surface area contributed by atoms with Gasteiger partial charge in [0.2, 0.25) is 0 Å². The zero-order valence-electron chi connectivity index (χ0n) is 16.5. The molecule has 1 aromatic heterocycles. The van der Waals surface area contributed by atoms with E-state index in [1.807, 2.05) is 6.07 Å². The van der Waals surface area contributed by atoms with Gasteiger partial charge < -0.3 is 14.5 Å². The molecule has 0 radical (unpaired) electrons. The van der Waals surface area contributed by atoms with Crippen LogP contribution in [0.3, 0.4) is 0 Å². The molecule has 8 heteroatoms. The van der Waals surface area contributed by atoms with E-state index in [4.69, 9.17) is 32.4 Å². The first-order valence-electron chi connectivity index (χ1n) is 9.00. The van der Waals surface area contributed by atoms with Crippen molar-refractivity contribution in [3.63, 3.8) is 0 Å². The lowest BCUT2D eigenvalue weighted by Gasteiger charge is -2.08. The highest BCUT2D eigenvalue weighted by molar-refractivity contribution is 6.33. The zero-order valence-corrected chi connectivity index (χ0v) is 18.0. The van der Waals surface area contributed by atoms with E-state index in [1.165, 1.54) is 19.3 Å². The van der Waals surface area contributed by atoms with Crippen molar-refractivity contribution in [1.29, 1.82) is 5.26 Å². The summed E-state index contributed by atoms with van der Waals surface area (Å²) in [5, 5.41) is 13.0. The summed E-state index contributed by atoms with van der Waals surface area (Å²) in [5.74, 6) is -0.477. The quantitative estimate of drug-likeness (QED) is 0.294. The number of furan rings is 1. The normalized spacial score (nSPS) is 11.0. The van der Waals surface area contributed by atoms with Crippen LogP contribution in [0, 0.1) is 18.3 Å². The minimum absolute atomic E-state index is 0.158. The number of nitrogens with zero attached hydrogens (tertiary/aromatic N) is 1. The summed E-state index contributed by atoms with van der Waals surface area (Å²) in [7, 11) is 1.28. The molecule has 0 saturated carbocycles. The van der Waals surface area contributed by atoms with Gasteiger partial charge in [-0.2, -0.15) is 5.26 Å². The van der Waals surface area contributed by atoms with Crippen LogP contribution < -0.4 is 5.32 Å². The number of carbonyl (C=O) groups is 2. The Kier molecular flexibility index (Phi) is 6.81. The highest BCUT2D eigenvalue weighted by atomic mass is 35.5. The monoisotopic (exact) mass is 454 g/mol. The molecule has 3 aromatic rings. The number of nitriles is 1. The fraction of sp³-hybridized carbons (Fsp3) is 0.0870. The first-order chi connectivity index (χ1) is 14.8. The molecule has 2 aromatic carbocycles. The van der Waals surface area contributed by atoms with Crippen LogP contribution in [0.5, 0.6) is 0 Å². The number of halogens is 2. The molecule has 1 N–H and O–H groups in total. The Hall–Kier alpha value is -3.53. The van der Waals surface area contributed by atoms with Gasteiger partial charge in [-0.05, 0) is 55.0 Å². The number of esters is 1. The van der Waals surface area contributed by atoms with Crippen molar-refractivity contribution in [2.75, 3.05) is 12.4 Å². The number of rotatable bonds is 5. The number of hydrogen-bond acceptors (Lipinski definition) is 5. The van der Waals surface area contributed by atoms with Gasteiger partial charge in [0.15, 0.2) is 0 Å². The highest BCUT2D eigenvalue weighted by Crippen LogP contribution is 2.31. The molecule has 156 valence electrons. The van der Waals surface area contributed by atoms with Gasteiger partial charge in [0.05, 0.1) is 17.7 Å². The Bertz CT molecular complexity index is 1240. The molecule has 3 rings (SSSR count). The molecule has 0 fully saturated rings. The van der Waals surface area contributed by atoms with E-state index in [2.05, 4.69) is 5.32 Å². The first-order valence-corrected chi connectivity index (χ1v) is 9.76. The van der Waals surface area contributed by atoms with Gasteiger partial charge >= 0.3 is 5.97 Å². The second-order valence-electron chi connectivity index (χ2n) is 6.42. The zero-order chi connectivity index (χ0) is 22.5. The maximum absolute atomic E-state index is 12.5. The number of nitrogens with one attached hydrogen (secondary N) is 1. The Morgan fingerprint density at radius 1 is 1.13 bits per heavy atom. The number of hydrogen-bond donors (Lipinski definition) is 1. The third-order valence-corrected chi connectivity index (χ3v) is 5.19. The van der Waals surface area contributed by atoms with E-state index in [0.29, 0.717) is 38.2 Å². The number of amides is 1. The lowest BCUT2D eigenvalue weighted by atomic mass is 10.1. The maximum Gasteiger partial charge on any atom is 0.337 e. The highest BCUT2D eigenvalue weighted by Gasteiger charge is 2.15. The van der Waals surface area contributed by atoms with Crippen LogP contribution in [0.15, 0.2) is 58.5 Å². The van der Waals surface area contributed by atoms with E-state index in [9.17, 15) is 14.9 Å². The summed E-state index contributed by atoms with van der Waals surface area (Å²) in [5.41, 5.74) is 1.82. The van der Waals surface area contributed by atoms with Crippen molar-refractivity contribution >= 4 is 46.8 Å². The van der Waals surface area contributed by atoms with E-state index in [0.717, 1.165) is 0 Å². The second-order valence-corrected chi connectivity index (χ2v) is 7.24. The van der Waals surface area contributed by atoms with Gasteiger partial charge in [0.1, 0.15) is 23.2 Å². The van der Waals surface area contributed by atoms with Crippen LogP contribution in [-0.2, 0) is 9.53 Å². The smallest absolute Gasteiger partial charge is 0.337 e. The standard InChI is InChI=1S/C23H16Cl2N2O4/c1-13-18(24)4-3-5-20(13)27-22(28)15(12-26)10-16-7-9-21(31-16)17-11-14(23(29)30-2)6-8-19(17)25/h3-11H,1-2H3,(H,27,28)/b15-10+. The van der Waals surface area contributed by atoms with Crippen molar-refractivity contribution in [2.24, 2.45) is 0 Å². The lowest BCUT2D eigenvalue weighted by molar-refractivity contribution is -0.112. The maximum atomic E-state index is 12.5. The molecule has 6 nitrogen and oxygen atoms in total. The van der Waals surface area contributed by atoms with Crippen molar-refractivity contribution in [1.82, 2.24) is 0 Å². The summed E-state index contributed by atoms with van der Waals surface area (Å²) in [6, 6.07) is 14.8. The van der Waals surface area contributed by atoms with Gasteiger partial charge in [-0.25, -0.2) is 4.79 Å². The molecule has 0 saturated heterocycles. The van der Waals surface area contributed by atoms with Crippen molar-refractivity contribution < 1.29 is 18.7 Å². The average molecular weight is 455 g/mol. The predicted octanol–water partition coefficient (Wildman–Crippen LogP) is 5.89. The number of methoxy groups -OCH3 is 1. The van der Waals surface area contributed by atoms with Gasteiger partial charge in [0, 0.05) is 22.3 Å². The van der Waals surface area contributed by atoms with E-state index in [-0.39, 0.29) is 11.3 Å². The van der Waals surface area contributed by atoms with Crippen LogP contribution in [0.25, 0.3) is 17.4 Å². The molecular weight excluding hydrogens is 439 g/mol. The summed E-state index contributed by atoms with van der Waals surface area (Å²) in [6.45, 7) is 1.76. The van der Waals surface area contributed by atoms with Gasteiger partial charge in [0.25, 0.3) is 5.91 Å². The fourth-order valence-electron chi connectivity index (χ4n) is 2.76. The molecule has 1 heterocycles. The van der Waals surface area contributed by atoms with Crippen molar-refractivity contribution in [3.8, 4) is 17.4 Å². The van der Waals surface area contributed by atoms with Crippen LogP contribution >= 0.6 is 23.2 Å². The van der Waals surface area contributed by atoms with Crippen molar-refractivity contribution in [3.05, 3.63) is 81.0 Å². The molecule has 1 amide bonds. The Morgan fingerprint density at radius 2 is 1.90 bits per heavy atom. The van der Waals surface area contributed by atoms with Crippen LogP contribution in [-0.4, -0.2) is 19.0 Å². The van der Waals surface area contributed by atoms with Crippen LogP contribution in [0.1, 0.15) is 21.7 Å². The molecule has 0 bridgehead atoms. The number of carbonyl (C=O) groups excluding carboxylic acids is 2. The molecule has 31 heavy (non-hydrogen) atoms. The number of ether oxygens (including phenoxy) is 1. The largest absolute Gasteiger partial charge is 0.465 e. The average Bonchev–Trinajstić information content (AvgIpc) is 3.23. The second kappa shape index (κ2) is 9.52. The number of benzene rings is 2. The van der Waals surface area contributed by atoms with E-state index in [1.54, 1.807) is 49.4 Å². The molecule has 0 aliphatic heterocycles. The summed E-state index contributed by atoms with van der Waals surface area (Å²) < 4.78 is 10.4. The van der Waals surface area contributed by atoms with Gasteiger partial charge in [-0.3, -0.25) is 4.79 Å². The third-order valence-electron chi connectivity index (χ3n) is 4.45. The molecule has 0 unspecified atom stereocenters. The van der Waals surface area contributed by atoms with Gasteiger partial charge in [-0.15, -0.1) is 0 Å². The third kappa shape index (κ3) is 4.97. The molecule has 0 aliphatic rings. The first kappa shape index (κ1) is 22.2. The minimum atomic E-state index is -0.600. The minimum Gasteiger partial charge on any atom is -0.465 e. The summed E-state index contributed by atoms with van der Waals surface area (Å²) in [6.07, 6.45) is 1.32. The van der Waals surface area contributed by atoms with E-state index < -0.39 is 11.9 Å². The lowest BCUT2D eigenvalue weighted by Crippen LogP contribution is -2.14. The Labute approximate surface area is 188 Å². The molecule has 0 aliphatic carbocycles. The predicted molar refractivity (Wildman–Crippen MR) is 119 cm³/mol. The summed E-state index contributed by atoms with van der Waals surface area (Å²) in [4.78, 5) is 24.3. The van der Waals surface area contributed by atoms with Crippen LogP contribution in [0.4, 0.5) is 5.69 Å². The number of anilines is 1. The summed E-state index contributed by atoms with van der Waals surface area (Å²) >= 11 is 12.3. The van der Waals surface area contributed by atoms with Crippen LogP contribution in [0.2, 0.25) is 10.0 Å². The van der Waals surface area contributed by atoms with E-state index >= 15 is 0 Å². The Morgan fingerprint density at radius 3 is 2.61 bits per heavy atom. The SMILES string of the molecule is COC(=O)c1ccc(Cl)c(-c2ccc(/C=C(\C#N)C(=O)Nc3cccc(Cl)c3C)o2)c1. The Balaban J connectivity index is 1.87. The van der Waals surface area contributed by atoms with Gasteiger partial charge in [-0.1, -0.05) is 29.3 Å².